The summed E-state index contributed by atoms with van der Waals surface area (Å²) in [6, 6.07) is 18.1. The van der Waals surface area contributed by atoms with Crippen LogP contribution in [0.2, 0.25) is 0 Å². The van der Waals surface area contributed by atoms with Crippen LogP contribution in [0.3, 0.4) is 0 Å². The zero-order chi connectivity index (χ0) is 21.1. The minimum Gasteiger partial charge on any atom is -0.352 e. The van der Waals surface area contributed by atoms with E-state index in [9.17, 15) is 9.59 Å². The molecule has 1 N–H and O–H groups in total. The van der Waals surface area contributed by atoms with Crippen molar-refractivity contribution in [3.05, 3.63) is 76.0 Å². The first kappa shape index (κ1) is 20.4. The van der Waals surface area contributed by atoms with Crippen molar-refractivity contribution >= 4 is 28.8 Å². The van der Waals surface area contributed by atoms with Crippen molar-refractivity contribution in [2.24, 2.45) is 5.92 Å². The smallest absolute Gasteiger partial charge is 0.251 e. The standard InChI is InChI=1S/C25H26N2O2S/c1-17(2)25(29)27-14-12-21-16-20(9-10-23(21)27)18-5-7-19(8-6-18)24(28)26-13-11-22-4-3-15-30-22/h3-10,15-17H,11-14H2,1-2H3,(H,26,28). The molecule has 1 aliphatic heterocycles. The monoisotopic (exact) mass is 418 g/mol. The van der Waals surface area contributed by atoms with Crippen molar-refractivity contribution in [2.75, 3.05) is 18.0 Å². The summed E-state index contributed by atoms with van der Waals surface area (Å²) in [5.41, 5.74) is 5.08. The fourth-order valence-corrected chi connectivity index (χ4v) is 4.50. The highest BCUT2D eigenvalue weighted by molar-refractivity contribution is 7.09. The van der Waals surface area contributed by atoms with Crippen LogP contribution in [-0.2, 0) is 17.6 Å². The van der Waals surface area contributed by atoms with Gasteiger partial charge in [0, 0.05) is 35.1 Å². The third kappa shape index (κ3) is 4.31. The highest BCUT2D eigenvalue weighted by atomic mass is 32.1. The van der Waals surface area contributed by atoms with Gasteiger partial charge >= 0.3 is 0 Å². The van der Waals surface area contributed by atoms with E-state index < -0.39 is 0 Å². The maximum Gasteiger partial charge on any atom is 0.251 e. The number of hydrogen-bond donors (Lipinski definition) is 1. The quantitative estimate of drug-likeness (QED) is 0.617. The van der Waals surface area contributed by atoms with E-state index in [1.807, 2.05) is 55.1 Å². The van der Waals surface area contributed by atoms with Gasteiger partial charge in [0.2, 0.25) is 5.91 Å². The predicted octanol–water partition coefficient (Wildman–Crippen LogP) is 4.93. The van der Waals surface area contributed by atoms with Crippen LogP contribution in [0, 0.1) is 5.92 Å². The number of rotatable bonds is 6. The van der Waals surface area contributed by atoms with Gasteiger partial charge in [-0.05, 0) is 65.2 Å². The lowest BCUT2D eigenvalue weighted by Crippen LogP contribution is -2.32. The highest BCUT2D eigenvalue weighted by Crippen LogP contribution is 2.33. The zero-order valence-electron chi connectivity index (χ0n) is 17.4. The number of benzene rings is 2. The van der Waals surface area contributed by atoms with Gasteiger partial charge in [0.15, 0.2) is 0 Å². The molecule has 0 bridgehead atoms. The fourth-order valence-electron chi connectivity index (χ4n) is 3.79. The lowest BCUT2D eigenvalue weighted by atomic mass is 10.0. The van der Waals surface area contributed by atoms with Gasteiger partial charge in [-0.25, -0.2) is 0 Å². The minimum absolute atomic E-state index is 0.000345. The van der Waals surface area contributed by atoms with Gasteiger partial charge in [0.1, 0.15) is 0 Å². The molecule has 2 heterocycles. The molecule has 0 aliphatic carbocycles. The maximum atomic E-state index is 12.4. The van der Waals surface area contributed by atoms with E-state index >= 15 is 0 Å². The molecule has 0 unspecified atom stereocenters. The molecule has 1 aliphatic rings. The van der Waals surface area contributed by atoms with Gasteiger partial charge in [0.25, 0.3) is 5.91 Å². The van der Waals surface area contributed by atoms with Crippen LogP contribution in [0.1, 0.15) is 34.6 Å². The van der Waals surface area contributed by atoms with Crippen LogP contribution in [0.15, 0.2) is 60.0 Å². The Bertz CT molecular complexity index is 1040. The van der Waals surface area contributed by atoms with Gasteiger partial charge < -0.3 is 10.2 Å². The summed E-state index contributed by atoms with van der Waals surface area (Å²) in [6.07, 6.45) is 1.74. The average molecular weight is 419 g/mol. The lowest BCUT2D eigenvalue weighted by molar-refractivity contribution is -0.121. The maximum absolute atomic E-state index is 12.4. The second kappa shape index (κ2) is 8.84. The Labute approximate surface area is 181 Å². The Kier molecular flexibility index (Phi) is 6.00. The fraction of sp³-hybridized carbons (Fsp3) is 0.280. The number of hydrogen-bond acceptors (Lipinski definition) is 3. The van der Waals surface area contributed by atoms with Crippen molar-refractivity contribution in [1.29, 1.82) is 0 Å². The van der Waals surface area contributed by atoms with Crippen molar-refractivity contribution < 1.29 is 9.59 Å². The second-order valence-corrected chi connectivity index (χ2v) is 8.93. The molecule has 154 valence electrons. The van der Waals surface area contributed by atoms with Crippen LogP contribution in [0.5, 0.6) is 0 Å². The number of carbonyl (C=O) groups is 2. The molecule has 0 saturated heterocycles. The Morgan fingerprint density at radius 3 is 2.53 bits per heavy atom. The first-order valence-corrected chi connectivity index (χ1v) is 11.3. The molecule has 30 heavy (non-hydrogen) atoms. The summed E-state index contributed by atoms with van der Waals surface area (Å²) < 4.78 is 0. The van der Waals surface area contributed by atoms with E-state index in [4.69, 9.17) is 0 Å². The molecule has 2 aromatic carbocycles. The molecular formula is C25H26N2O2S. The summed E-state index contributed by atoms with van der Waals surface area (Å²) in [5, 5.41) is 5.04. The van der Waals surface area contributed by atoms with Gasteiger partial charge in [-0.2, -0.15) is 0 Å². The van der Waals surface area contributed by atoms with Crippen LogP contribution in [0.4, 0.5) is 5.69 Å². The van der Waals surface area contributed by atoms with Crippen LogP contribution < -0.4 is 10.2 Å². The molecule has 0 atom stereocenters. The van der Waals surface area contributed by atoms with Crippen molar-refractivity contribution in [3.8, 4) is 11.1 Å². The summed E-state index contributed by atoms with van der Waals surface area (Å²) in [6.45, 7) is 5.26. The summed E-state index contributed by atoms with van der Waals surface area (Å²) in [4.78, 5) is 27.9. The van der Waals surface area contributed by atoms with Crippen LogP contribution >= 0.6 is 11.3 Å². The molecular weight excluding hydrogens is 392 g/mol. The largest absolute Gasteiger partial charge is 0.352 e. The normalized spacial score (nSPS) is 12.8. The highest BCUT2D eigenvalue weighted by Gasteiger charge is 2.26. The first-order valence-electron chi connectivity index (χ1n) is 10.4. The van der Waals surface area contributed by atoms with E-state index in [1.165, 1.54) is 10.4 Å². The number of amides is 2. The predicted molar refractivity (Wildman–Crippen MR) is 123 cm³/mol. The molecule has 2 amide bonds. The van der Waals surface area contributed by atoms with Gasteiger partial charge in [-0.3, -0.25) is 9.59 Å². The number of anilines is 1. The van der Waals surface area contributed by atoms with E-state index in [0.29, 0.717) is 12.1 Å². The molecule has 4 rings (SSSR count). The summed E-state index contributed by atoms with van der Waals surface area (Å²) >= 11 is 1.71. The van der Waals surface area contributed by atoms with Crippen LogP contribution in [0.25, 0.3) is 11.1 Å². The Hall–Kier alpha value is -2.92. The van der Waals surface area contributed by atoms with Crippen molar-refractivity contribution in [3.63, 3.8) is 0 Å². The molecule has 4 nitrogen and oxygen atoms in total. The Morgan fingerprint density at radius 2 is 1.83 bits per heavy atom. The molecule has 0 fully saturated rings. The zero-order valence-corrected chi connectivity index (χ0v) is 18.2. The lowest BCUT2D eigenvalue weighted by Gasteiger charge is -2.19. The van der Waals surface area contributed by atoms with E-state index in [1.54, 1.807) is 11.3 Å². The van der Waals surface area contributed by atoms with Crippen LogP contribution in [-0.4, -0.2) is 24.9 Å². The molecule has 5 heteroatoms. The molecule has 1 aromatic heterocycles. The van der Waals surface area contributed by atoms with Crippen molar-refractivity contribution in [1.82, 2.24) is 5.32 Å². The molecule has 0 spiro atoms. The minimum atomic E-state index is -0.0464. The Morgan fingerprint density at radius 1 is 1.07 bits per heavy atom. The summed E-state index contributed by atoms with van der Waals surface area (Å²) in [5.74, 6) is 0.130. The third-order valence-corrected chi connectivity index (χ3v) is 6.39. The topological polar surface area (TPSA) is 49.4 Å². The number of carbonyl (C=O) groups excluding carboxylic acids is 2. The summed E-state index contributed by atoms with van der Waals surface area (Å²) in [7, 11) is 0. The molecule has 0 radical (unpaired) electrons. The average Bonchev–Trinajstić information content (AvgIpc) is 3.42. The first-order chi connectivity index (χ1) is 14.5. The van der Waals surface area contributed by atoms with Gasteiger partial charge in [-0.15, -0.1) is 11.3 Å². The SMILES string of the molecule is CC(C)C(=O)N1CCc2cc(-c3ccc(C(=O)NCCc4cccs4)cc3)ccc21. The molecule has 0 saturated carbocycles. The van der Waals surface area contributed by atoms with Crippen molar-refractivity contribution in [2.45, 2.75) is 26.7 Å². The van der Waals surface area contributed by atoms with E-state index in [-0.39, 0.29) is 17.7 Å². The number of nitrogens with zero attached hydrogens (tertiary/aromatic N) is 1. The van der Waals surface area contributed by atoms with Gasteiger partial charge in [-0.1, -0.05) is 38.1 Å². The number of nitrogens with one attached hydrogen (secondary N) is 1. The third-order valence-electron chi connectivity index (χ3n) is 5.45. The number of thiophene rings is 1. The second-order valence-electron chi connectivity index (χ2n) is 7.90. The number of fused-ring (bicyclic) bond motifs is 1. The molecule has 3 aromatic rings. The van der Waals surface area contributed by atoms with Gasteiger partial charge in [0.05, 0.1) is 0 Å². The Balaban J connectivity index is 1.42. The van der Waals surface area contributed by atoms with E-state index in [2.05, 4.69) is 28.9 Å². The van der Waals surface area contributed by atoms with E-state index in [0.717, 1.165) is 36.2 Å².